The summed E-state index contributed by atoms with van der Waals surface area (Å²) in [5.74, 6) is 0.863. The van der Waals surface area contributed by atoms with Crippen molar-refractivity contribution in [3.05, 3.63) is 53.1 Å². The van der Waals surface area contributed by atoms with Crippen molar-refractivity contribution in [2.24, 2.45) is 0 Å². The van der Waals surface area contributed by atoms with Crippen molar-refractivity contribution < 1.29 is 22.7 Å². The standard InChI is InChI=1S/C19H21NO5S/c1-12-4-6-14(7-5-12)26(22,23)20-13-10-16-15(17(21)11-13)8-9-18(24-2)19(16)25-3/h4-9,13,20H,10-11H2,1-3H3/t13-/m1/s1. The highest BCUT2D eigenvalue weighted by Gasteiger charge is 2.31. The minimum Gasteiger partial charge on any atom is -0.493 e. The van der Waals surface area contributed by atoms with Crippen LogP contribution in [0.5, 0.6) is 11.5 Å². The third kappa shape index (κ3) is 3.45. The average molecular weight is 375 g/mol. The van der Waals surface area contributed by atoms with Crippen molar-refractivity contribution in [2.45, 2.75) is 30.7 Å². The average Bonchev–Trinajstić information content (AvgIpc) is 2.60. The Bertz CT molecular complexity index is 935. The summed E-state index contributed by atoms with van der Waals surface area (Å²) in [7, 11) is -0.689. The summed E-state index contributed by atoms with van der Waals surface area (Å²) < 4.78 is 38.6. The number of carbonyl (C=O) groups is 1. The number of fused-ring (bicyclic) bond motifs is 1. The summed E-state index contributed by atoms with van der Waals surface area (Å²) in [6.45, 7) is 1.89. The Balaban J connectivity index is 1.91. The van der Waals surface area contributed by atoms with Crippen molar-refractivity contribution in [1.82, 2.24) is 4.72 Å². The highest BCUT2D eigenvalue weighted by Crippen LogP contribution is 2.37. The molecular weight excluding hydrogens is 354 g/mol. The first kappa shape index (κ1) is 18.4. The fourth-order valence-corrected chi connectivity index (χ4v) is 4.43. The van der Waals surface area contributed by atoms with E-state index in [1.54, 1.807) is 36.4 Å². The third-order valence-electron chi connectivity index (χ3n) is 4.48. The number of rotatable bonds is 5. The normalized spacial score (nSPS) is 16.9. The Kier molecular flexibility index (Phi) is 5.02. The Labute approximate surface area is 153 Å². The number of Topliss-reactive ketones (excluding diaryl/α,β-unsaturated/α-hetero) is 1. The molecule has 0 unspecified atom stereocenters. The lowest BCUT2D eigenvalue weighted by Crippen LogP contribution is -2.40. The van der Waals surface area contributed by atoms with Crippen LogP contribution in [-0.4, -0.2) is 34.5 Å². The summed E-state index contributed by atoms with van der Waals surface area (Å²) in [6.07, 6.45) is 0.458. The molecule has 1 aliphatic rings. The highest BCUT2D eigenvalue weighted by molar-refractivity contribution is 7.89. The minimum atomic E-state index is -3.71. The van der Waals surface area contributed by atoms with E-state index in [2.05, 4.69) is 4.72 Å². The van der Waals surface area contributed by atoms with Crippen LogP contribution in [0.2, 0.25) is 0 Å². The Hall–Kier alpha value is -2.38. The predicted molar refractivity (Wildman–Crippen MR) is 97.5 cm³/mol. The van der Waals surface area contributed by atoms with Crippen LogP contribution in [0.1, 0.15) is 27.9 Å². The largest absolute Gasteiger partial charge is 0.493 e. The van der Waals surface area contributed by atoms with Gasteiger partial charge in [-0.3, -0.25) is 4.79 Å². The van der Waals surface area contributed by atoms with Crippen molar-refractivity contribution in [1.29, 1.82) is 0 Å². The maximum atomic E-state index is 12.6. The molecule has 0 aromatic heterocycles. The van der Waals surface area contributed by atoms with Gasteiger partial charge in [0.1, 0.15) is 0 Å². The zero-order valence-corrected chi connectivity index (χ0v) is 15.7. The molecule has 0 amide bonds. The molecule has 3 rings (SSSR count). The lowest BCUT2D eigenvalue weighted by atomic mass is 9.87. The molecule has 0 spiro atoms. The fourth-order valence-electron chi connectivity index (χ4n) is 3.20. The molecule has 1 aliphatic carbocycles. The second-order valence-corrected chi connectivity index (χ2v) is 8.00. The van der Waals surface area contributed by atoms with Gasteiger partial charge in [0, 0.05) is 23.6 Å². The van der Waals surface area contributed by atoms with Gasteiger partial charge in [0.15, 0.2) is 17.3 Å². The van der Waals surface area contributed by atoms with Crippen molar-refractivity contribution in [3.63, 3.8) is 0 Å². The van der Waals surface area contributed by atoms with Crippen LogP contribution in [-0.2, 0) is 16.4 Å². The number of aryl methyl sites for hydroxylation is 1. The first-order valence-electron chi connectivity index (χ1n) is 8.21. The molecule has 0 bridgehead atoms. The van der Waals surface area contributed by atoms with Gasteiger partial charge in [0.25, 0.3) is 0 Å². The summed E-state index contributed by atoms with van der Waals surface area (Å²) >= 11 is 0. The van der Waals surface area contributed by atoms with Gasteiger partial charge in [-0.15, -0.1) is 0 Å². The number of benzene rings is 2. The van der Waals surface area contributed by atoms with Crippen molar-refractivity contribution >= 4 is 15.8 Å². The van der Waals surface area contributed by atoms with Gasteiger partial charge in [-0.25, -0.2) is 13.1 Å². The highest BCUT2D eigenvalue weighted by atomic mass is 32.2. The first-order chi connectivity index (χ1) is 12.4. The number of carbonyl (C=O) groups excluding carboxylic acids is 1. The smallest absolute Gasteiger partial charge is 0.240 e. The molecule has 2 aromatic rings. The SMILES string of the molecule is COc1ccc2c(c1OC)C[C@@H](NS(=O)(=O)c1ccc(C)cc1)CC2=O. The molecule has 138 valence electrons. The van der Waals surface area contributed by atoms with Gasteiger partial charge in [-0.1, -0.05) is 17.7 Å². The Morgan fingerprint density at radius 2 is 1.69 bits per heavy atom. The molecule has 0 saturated heterocycles. The van der Waals surface area contributed by atoms with Gasteiger partial charge >= 0.3 is 0 Å². The summed E-state index contributed by atoms with van der Waals surface area (Å²) in [4.78, 5) is 12.7. The van der Waals surface area contributed by atoms with E-state index < -0.39 is 16.1 Å². The second kappa shape index (κ2) is 7.09. The van der Waals surface area contributed by atoms with Crippen molar-refractivity contribution in [2.75, 3.05) is 14.2 Å². The quantitative estimate of drug-likeness (QED) is 0.868. The Morgan fingerprint density at radius 3 is 2.31 bits per heavy atom. The molecule has 0 radical (unpaired) electrons. The zero-order valence-electron chi connectivity index (χ0n) is 14.9. The van der Waals surface area contributed by atoms with E-state index in [0.717, 1.165) is 5.56 Å². The third-order valence-corrected chi connectivity index (χ3v) is 6.02. The van der Waals surface area contributed by atoms with Crippen LogP contribution in [0.25, 0.3) is 0 Å². The van der Waals surface area contributed by atoms with E-state index in [9.17, 15) is 13.2 Å². The van der Waals surface area contributed by atoms with Gasteiger partial charge in [0.05, 0.1) is 19.1 Å². The summed E-state index contributed by atoms with van der Waals surface area (Å²) in [5.41, 5.74) is 2.19. The topological polar surface area (TPSA) is 81.7 Å². The number of methoxy groups -OCH3 is 2. The lowest BCUT2D eigenvalue weighted by Gasteiger charge is -2.26. The maximum absolute atomic E-state index is 12.6. The van der Waals surface area contributed by atoms with E-state index >= 15 is 0 Å². The fraction of sp³-hybridized carbons (Fsp3) is 0.316. The summed E-state index contributed by atoms with van der Waals surface area (Å²) in [5, 5.41) is 0. The van der Waals surface area contributed by atoms with E-state index in [4.69, 9.17) is 9.47 Å². The van der Waals surface area contributed by atoms with Crippen LogP contribution in [0.3, 0.4) is 0 Å². The van der Waals surface area contributed by atoms with Crippen LogP contribution >= 0.6 is 0 Å². The number of ether oxygens (including phenoxy) is 2. The molecular formula is C19H21NO5S. The van der Waals surface area contributed by atoms with E-state index in [1.807, 2.05) is 6.92 Å². The molecule has 6 nitrogen and oxygen atoms in total. The lowest BCUT2D eigenvalue weighted by molar-refractivity contribution is 0.0962. The molecule has 26 heavy (non-hydrogen) atoms. The van der Waals surface area contributed by atoms with Gasteiger partial charge in [-0.05, 0) is 37.6 Å². The molecule has 0 saturated carbocycles. The van der Waals surface area contributed by atoms with Gasteiger partial charge < -0.3 is 9.47 Å². The van der Waals surface area contributed by atoms with Gasteiger partial charge in [0.2, 0.25) is 10.0 Å². The molecule has 0 aliphatic heterocycles. The maximum Gasteiger partial charge on any atom is 0.240 e. The minimum absolute atomic E-state index is 0.105. The number of hydrogen-bond donors (Lipinski definition) is 1. The van der Waals surface area contributed by atoms with Crippen molar-refractivity contribution in [3.8, 4) is 11.5 Å². The number of sulfonamides is 1. The van der Waals surface area contributed by atoms with E-state index in [-0.39, 0.29) is 17.1 Å². The predicted octanol–water partition coefficient (Wildman–Crippen LogP) is 2.49. The molecule has 2 aromatic carbocycles. The monoisotopic (exact) mass is 375 g/mol. The Morgan fingerprint density at radius 1 is 1.00 bits per heavy atom. The first-order valence-corrected chi connectivity index (χ1v) is 9.70. The van der Waals surface area contributed by atoms with Crippen LogP contribution < -0.4 is 14.2 Å². The van der Waals surface area contributed by atoms with Crippen LogP contribution in [0.15, 0.2) is 41.3 Å². The zero-order chi connectivity index (χ0) is 18.9. The summed E-state index contributed by atoms with van der Waals surface area (Å²) in [6, 6.07) is 9.44. The molecule has 0 heterocycles. The van der Waals surface area contributed by atoms with Gasteiger partial charge in [-0.2, -0.15) is 0 Å². The molecule has 0 fully saturated rings. The van der Waals surface area contributed by atoms with E-state index in [0.29, 0.717) is 29.0 Å². The molecule has 1 atom stereocenters. The number of ketones is 1. The van der Waals surface area contributed by atoms with Crippen LogP contribution in [0, 0.1) is 6.92 Å². The van der Waals surface area contributed by atoms with E-state index in [1.165, 1.54) is 14.2 Å². The molecule has 1 N–H and O–H groups in total. The number of hydrogen-bond acceptors (Lipinski definition) is 5. The van der Waals surface area contributed by atoms with Crippen LogP contribution in [0.4, 0.5) is 0 Å². The molecule has 7 heteroatoms. The second-order valence-electron chi connectivity index (χ2n) is 6.29. The number of nitrogens with one attached hydrogen (secondary N) is 1.